The zero-order valence-corrected chi connectivity index (χ0v) is 13.1. The molecule has 8 nitrogen and oxygen atoms in total. The summed E-state index contributed by atoms with van der Waals surface area (Å²) in [6.07, 6.45) is 0. The van der Waals surface area contributed by atoms with Gasteiger partial charge in [0.15, 0.2) is 0 Å². The number of aromatic carboxylic acids is 2. The highest BCUT2D eigenvalue weighted by molar-refractivity contribution is 7.87. The Morgan fingerprint density at radius 1 is 0.958 bits per heavy atom. The summed E-state index contributed by atoms with van der Waals surface area (Å²) >= 11 is 0. The van der Waals surface area contributed by atoms with Crippen LogP contribution in [-0.2, 0) is 10.1 Å². The molecule has 0 aromatic heterocycles. The number of hydrogen-bond acceptors (Lipinski definition) is 6. The van der Waals surface area contributed by atoms with Crippen molar-refractivity contribution in [3.05, 3.63) is 53.6 Å². The molecule has 0 bridgehead atoms. The minimum atomic E-state index is -4.57. The van der Waals surface area contributed by atoms with Crippen molar-refractivity contribution >= 4 is 22.1 Å². The minimum absolute atomic E-state index is 0.105. The van der Waals surface area contributed by atoms with Crippen LogP contribution in [0.1, 0.15) is 20.7 Å². The summed E-state index contributed by atoms with van der Waals surface area (Å²) in [5, 5.41) is 18.3. The monoisotopic (exact) mass is 352 g/mol. The number of benzene rings is 2. The number of rotatable bonds is 6. The van der Waals surface area contributed by atoms with Crippen LogP contribution in [0.15, 0.2) is 47.4 Å². The van der Waals surface area contributed by atoms with Gasteiger partial charge in [-0.2, -0.15) is 8.42 Å². The molecule has 0 amide bonds. The predicted molar refractivity (Wildman–Crippen MR) is 81.2 cm³/mol. The molecule has 0 aliphatic rings. The molecule has 0 aliphatic carbocycles. The van der Waals surface area contributed by atoms with Gasteiger partial charge in [0.05, 0.1) is 18.2 Å². The Hall–Kier alpha value is -3.07. The third-order valence-electron chi connectivity index (χ3n) is 2.99. The van der Waals surface area contributed by atoms with Crippen molar-refractivity contribution in [2.75, 3.05) is 7.11 Å². The van der Waals surface area contributed by atoms with E-state index in [0.717, 1.165) is 18.2 Å². The fourth-order valence-corrected chi connectivity index (χ4v) is 3.10. The van der Waals surface area contributed by atoms with Crippen molar-refractivity contribution in [1.82, 2.24) is 0 Å². The second-order valence-electron chi connectivity index (χ2n) is 4.51. The van der Waals surface area contributed by atoms with E-state index in [1.165, 1.54) is 25.3 Å². The topological polar surface area (TPSA) is 127 Å². The molecule has 0 unspecified atom stereocenters. The van der Waals surface area contributed by atoms with E-state index in [0.29, 0.717) is 5.75 Å². The highest BCUT2D eigenvalue weighted by Gasteiger charge is 2.29. The van der Waals surface area contributed by atoms with Crippen molar-refractivity contribution in [2.45, 2.75) is 4.90 Å². The molecule has 0 aliphatic heterocycles. The summed E-state index contributed by atoms with van der Waals surface area (Å²) in [7, 11) is -3.19. The van der Waals surface area contributed by atoms with Crippen LogP contribution in [0.3, 0.4) is 0 Å². The number of carboxylic acid groups (broad SMARTS) is 2. The predicted octanol–water partition coefficient (Wildman–Crippen LogP) is 1.86. The lowest BCUT2D eigenvalue weighted by atomic mass is 10.1. The molecule has 2 rings (SSSR count). The van der Waals surface area contributed by atoms with Gasteiger partial charge in [0, 0.05) is 6.07 Å². The molecule has 0 fully saturated rings. The smallest absolute Gasteiger partial charge is 0.340 e. The highest BCUT2D eigenvalue weighted by Crippen LogP contribution is 2.26. The van der Waals surface area contributed by atoms with Gasteiger partial charge in [-0.3, -0.25) is 0 Å². The van der Waals surface area contributed by atoms with E-state index in [4.69, 9.17) is 14.0 Å². The largest absolute Gasteiger partial charge is 0.497 e. The summed E-state index contributed by atoms with van der Waals surface area (Å²) in [5.41, 5.74) is -1.52. The molecule has 0 saturated carbocycles. The number of ether oxygens (including phenoxy) is 1. The van der Waals surface area contributed by atoms with Gasteiger partial charge in [-0.15, -0.1) is 0 Å². The average Bonchev–Trinajstić information content (AvgIpc) is 2.53. The first-order valence-corrected chi connectivity index (χ1v) is 7.85. The molecule has 0 atom stereocenters. The number of carbonyl (C=O) groups is 2. The molecule has 126 valence electrons. The number of hydrogen-bond donors (Lipinski definition) is 2. The van der Waals surface area contributed by atoms with Gasteiger partial charge in [0.2, 0.25) is 0 Å². The summed E-state index contributed by atoms with van der Waals surface area (Å²) < 4.78 is 34.6. The van der Waals surface area contributed by atoms with Gasteiger partial charge in [-0.05, 0) is 24.3 Å². The van der Waals surface area contributed by atoms with Crippen LogP contribution in [0, 0.1) is 0 Å². The van der Waals surface area contributed by atoms with Crippen molar-refractivity contribution in [2.24, 2.45) is 0 Å². The Kier molecular flexibility index (Phi) is 4.74. The lowest BCUT2D eigenvalue weighted by molar-refractivity contribution is 0.0648. The Morgan fingerprint density at radius 3 is 2.17 bits per heavy atom. The standard InChI is InChI=1S/C15H12O8S/c1-22-9-4-2-5-10(8-9)23-24(20,21)12-7-3-6-11(14(16)17)13(12)15(18)19/h2-8H,1H3,(H,16,17)(H,18,19). The van der Waals surface area contributed by atoms with Gasteiger partial charge in [-0.25, -0.2) is 9.59 Å². The molecule has 2 aromatic rings. The van der Waals surface area contributed by atoms with E-state index in [1.807, 2.05) is 0 Å². The average molecular weight is 352 g/mol. The van der Waals surface area contributed by atoms with Crippen molar-refractivity contribution < 1.29 is 37.1 Å². The molecule has 0 heterocycles. The second kappa shape index (κ2) is 6.59. The Morgan fingerprint density at radius 2 is 1.58 bits per heavy atom. The summed E-state index contributed by atoms with van der Waals surface area (Å²) in [6.45, 7) is 0. The molecular weight excluding hydrogens is 340 g/mol. The molecule has 2 N–H and O–H groups in total. The third kappa shape index (κ3) is 3.46. The van der Waals surface area contributed by atoms with Crippen LogP contribution in [0.25, 0.3) is 0 Å². The van der Waals surface area contributed by atoms with Crippen LogP contribution in [0.5, 0.6) is 11.5 Å². The minimum Gasteiger partial charge on any atom is -0.497 e. The molecule has 24 heavy (non-hydrogen) atoms. The van der Waals surface area contributed by atoms with E-state index in [-0.39, 0.29) is 5.75 Å². The van der Waals surface area contributed by atoms with E-state index in [9.17, 15) is 23.1 Å². The normalized spacial score (nSPS) is 10.9. The van der Waals surface area contributed by atoms with Gasteiger partial charge in [0.25, 0.3) is 0 Å². The van der Waals surface area contributed by atoms with Gasteiger partial charge < -0.3 is 19.1 Å². The SMILES string of the molecule is COc1cccc(OS(=O)(=O)c2cccc(C(=O)O)c2C(=O)O)c1. The lowest BCUT2D eigenvalue weighted by Crippen LogP contribution is -2.18. The van der Waals surface area contributed by atoms with Crippen LogP contribution < -0.4 is 8.92 Å². The molecule has 9 heteroatoms. The Bertz CT molecular complexity index is 901. The van der Waals surface area contributed by atoms with Gasteiger partial charge in [0.1, 0.15) is 16.4 Å². The van der Waals surface area contributed by atoms with Crippen LogP contribution in [0.2, 0.25) is 0 Å². The molecule has 0 spiro atoms. The summed E-state index contributed by atoms with van der Waals surface area (Å²) in [5.74, 6) is -3.03. The van der Waals surface area contributed by atoms with E-state index < -0.39 is 38.1 Å². The lowest BCUT2D eigenvalue weighted by Gasteiger charge is -2.11. The van der Waals surface area contributed by atoms with Crippen LogP contribution in [0.4, 0.5) is 0 Å². The zero-order chi connectivity index (χ0) is 17.9. The van der Waals surface area contributed by atoms with E-state index in [2.05, 4.69) is 0 Å². The number of carboxylic acids is 2. The maximum Gasteiger partial charge on any atom is 0.340 e. The number of methoxy groups -OCH3 is 1. The van der Waals surface area contributed by atoms with E-state index >= 15 is 0 Å². The summed E-state index contributed by atoms with van der Waals surface area (Å²) in [6, 6.07) is 8.75. The van der Waals surface area contributed by atoms with Crippen molar-refractivity contribution in [1.29, 1.82) is 0 Å². The summed E-state index contributed by atoms with van der Waals surface area (Å²) in [4.78, 5) is 21.7. The first-order chi connectivity index (χ1) is 11.3. The molecule has 0 radical (unpaired) electrons. The van der Waals surface area contributed by atoms with Crippen molar-refractivity contribution in [3.8, 4) is 11.5 Å². The van der Waals surface area contributed by atoms with Gasteiger partial charge >= 0.3 is 22.1 Å². The van der Waals surface area contributed by atoms with Crippen LogP contribution in [-0.4, -0.2) is 37.7 Å². The quantitative estimate of drug-likeness (QED) is 0.754. The van der Waals surface area contributed by atoms with Gasteiger partial charge in [-0.1, -0.05) is 12.1 Å². The fourth-order valence-electron chi connectivity index (χ4n) is 1.96. The Balaban J connectivity index is 2.55. The first kappa shape index (κ1) is 17.3. The zero-order valence-electron chi connectivity index (χ0n) is 12.3. The maximum absolute atomic E-state index is 12.4. The van der Waals surface area contributed by atoms with E-state index in [1.54, 1.807) is 6.07 Å². The highest BCUT2D eigenvalue weighted by atomic mass is 32.2. The third-order valence-corrected chi connectivity index (χ3v) is 4.28. The molecule has 0 saturated heterocycles. The second-order valence-corrected chi connectivity index (χ2v) is 6.02. The maximum atomic E-state index is 12.4. The fraction of sp³-hybridized carbons (Fsp3) is 0.0667. The molecule has 2 aromatic carbocycles. The Labute approximate surface area is 137 Å². The molecular formula is C15H12O8S. The first-order valence-electron chi connectivity index (χ1n) is 6.44. The van der Waals surface area contributed by atoms with Crippen molar-refractivity contribution in [3.63, 3.8) is 0 Å². The van der Waals surface area contributed by atoms with Crippen LogP contribution >= 0.6 is 0 Å².